The van der Waals surface area contributed by atoms with Gasteiger partial charge in [0.2, 0.25) is 0 Å². The van der Waals surface area contributed by atoms with E-state index in [1.165, 1.54) is 6.07 Å². The number of nitrogens with two attached hydrogens (primary N) is 1. The molecule has 114 valence electrons. The van der Waals surface area contributed by atoms with E-state index in [-0.39, 0.29) is 5.82 Å². The summed E-state index contributed by atoms with van der Waals surface area (Å²) in [6.07, 6.45) is 0. The SMILES string of the molecule is CC(C)N(CCOCc1cc(CN)ccc1F)C(C)C. The van der Waals surface area contributed by atoms with Gasteiger partial charge in [-0.2, -0.15) is 0 Å². The Morgan fingerprint density at radius 2 is 1.85 bits per heavy atom. The average molecular weight is 282 g/mol. The van der Waals surface area contributed by atoms with E-state index in [1.807, 2.05) is 0 Å². The molecule has 0 aromatic heterocycles. The van der Waals surface area contributed by atoms with Gasteiger partial charge in [-0.25, -0.2) is 4.39 Å². The highest BCUT2D eigenvalue weighted by atomic mass is 19.1. The van der Waals surface area contributed by atoms with Crippen molar-refractivity contribution < 1.29 is 9.13 Å². The van der Waals surface area contributed by atoms with E-state index < -0.39 is 0 Å². The van der Waals surface area contributed by atoms with Gasteiger partial charge in [-0.1, -0.05) is 6.07 Å². The Morgan fingerprint density at radius 3 is 2.40 bits per heavy atom. The summed E-state index contributed by atoms with van der Waals surface area (Å²) in [5.41, 5.74) is 7.06. The molecular weight excluding hydrogens is 255 g/mol. The summed E-state index contributed by atoms with van der Waals surface area (Å²) >= 11 is 0. The van der Waals surface area contributed by atoms with Crippen molar-refractivity contribution in [3.05, 3.63) is 35.1 Å². The molecule has 20 heavy (non-hydrogen) atoms. The Morgan fingerprint density at radius 1 is 1.20 bits per heavy atom. The molecule has 0 aliphatic rings. The highest BCUT2D eigenvalue weighted by Crippen LogP contribution is 2.12. The van der Waals surface area contributed by atoms with E-state index in [9.17, 15) is 4.39 Å². The van der Waals surface area contributed by atoms with Crippen LogP contribution in [0.4, 0.5) is 4.39 Å². The number of rotatable bonds is 8. The molecule has 0 saturated carbocycles. The minimum atomic E-state index is -0.230. The molecule has 4 heteroatoms. The van der Waals surface area contributed by atoms with Crippen molar-refractivity contribution in [1.82, 2.24) is 4.90 Å². The van der Waals surface area contributed by atoms with Crippen molar-refractivity contribution in [3.63, 3.8) is 0 Å². The lowest BCUT2D eigenvalue weighted by Crippen LogP contribution is -2.39. The van der Waals surface area contributed by atoms with Gasteiger partial charge in [0, 0.05) is 30.7 Å². The molecule has 0 spiro atoms. The van der Waals surface area contributed by atoms with Crippen LogP contribution in [-0.4, -0.2) is 30.1 Å². The first-order valence-electron chi connectivity index (χ1n) is 7.26. The molecule has 1 rings (SSSR count). The van der Waals surface area contributed by atoms with E-state index in [0.29, 0.717) is 37.4 Å². The van der Waals surface area contributed by atoms with Gasteiger partial charge in [-0.15, -0.1) is 0 Å². The molecule has 0 aliphatic heterocycles. The van der Waals surface area contributed by atoms with Crippen LogP contribution in [-0.2, 0) is 17.9 Å². The largest absolute Gasteiger partial charge is 0.375 e. The van der Waals surface area contributed by atoms with Gasteiger partial charge in [-0.3, -0.25) is 4.90 Å². The topological polar surface area (TPSA) is 38.5 Å². The Bertz CT molecular complexity index is 399. The third kappa shape index (κ3) is 5.19. The molecule has 0 unspecified atom stereocenters. The fourth-order valence-electron chi connectivity index (χ4n) is 2.33. The molecule has 0 bridgehead atoms. The summed E-state index contributed by atoms with van der Waals surface area (Å²) in [6, 6.07) is 5.90. The Balaban J connectivity index is 2.44. The van der Waals surface area contributed by atoms with E-state index in [0.717, 1.165) is 12.1 Å². The molecule has 0 amide bonds. The first-order chi connectivity index (χ1) is 9.45. The summed E-state index contributed by atoms with van der Waals surface area (Å²) in [7, 11) is 0. The van der Waals surface area contributed by atoms with Gasteiger partial charge in [0.15, 0.2) is 0 Å². The number of halogens is 1. The van der Waals surface area contributed by atoms with Crippen molar-refractivity contribution in [2.75, 3.05) is 13.2 Å². The van der Waals surface area contributed by atoms with Crippen LogP contribution in [0, 0.1) is 5.82 Å². The van der Waals surface area contributed by atoms with Crippen LogP contribution >= 0.6 is 0 Å². The van der Waals surface area contributed by atoms with E-state index in [2.05, 4.69) is 32.6 Å². The second-order valence-corrected chi connectivity index (χ2v) is 5.61. The molecule has 0 fully saturated rings. The van der Waals surface area contributed by atoms with Crippen LogP contribution in [0.25, 0.3) is 0 Å². The summed E-state index contributed by atoms with van der Waals surface area (Å²) < 4.78 is 19.2. The molecule has 1 aromatic carbocycles. The second-order valence-electron chi connectivity index (χ2n) is 5.61. The Hall–Kier alpha value is -0.970. The molecule has 3 nitrogen and oxygen atoms in total. The lowest BCUT2D eigenvalue weighted by Gasteiger charge is -2.30. The van der Waals surface area contributed by atoms with Crippen molar-refractivity contribution in [2.45, 2.75) is 52.9 Å². The summed E-state index contributed by atoms with van der Waals surface area (Å²) in [6.45, 7) is 10.9. The maximum absolute atomic E-state index is 13.6. The van der Waals surface area contributed by atoms with Crippen LogP contribution in [0.1, 0.15) is 38.8 Å². The zero-order valence-electron chi connectivity index (χ0n) is 13.0. The van der Waals surface area contributed by atoms with Crippen LogP contribution in [0.5, 0.6) is 0 Å². The molecule has 0 saturated heterocycles. The molecule has 1 aromatic rings. The molecule has 0 aliphatic carbocycles. The standard InChI is InChI=1S/C16H27FN2O/c1-12(2)19(13(3)4)7-8-20-11-15-9-14(10-18)5-6-16(15)17/h5-6,9,12-13H,7-8,10-11,18H2,1-4H3. The van der Waals surface area contributed by atoms with E-state index >= 15 is 0 Å². The second kappa shape index (κ2) is 8.35. The molecule has 0 heterocycles. The smallest absolute Gasteiger partial charge is 0.128 e. The van der Waals surface area contributed by atoms with Gasteiger partial charge < -0.3 is 10.5 Å². The lowest BCUT2D eigenvalue weighted by molar-refractivity contribution is 0.0687. The zero-order valence-corrected chi connectivity index (χ0v) is 13.0. The minimum absolute atomic E-state index is 0.230. The summed E-state index contributed by atoms with van der Waals surface area (Å²) in [4.78, 5) is 2.35. The van der Waals surface area contributed by atoms with Crippen LogP contribution in [0.2, 0.25) is 0 Å². The Kier molecular flexibility index (Phi) is 7.13. The number of ether oxygens (including phenoxy) is 1. The van der Waals surface area contributed by atoms with E-state index in [1.54, 1.807) is 12.1 Å². The summed E-state index contributed by atoms with van der Waals surface area (Å²) in [5, 5.41) is 0. The van der Waals surface area contributed by atoms with Crippen molar-refractivity contribution in [3.8, 4) is 0 Å². The molecule has 0 atom stereocenters. The van der Waals surface area contributed by atoms with Crippen molar-refractivity contribution in [1.29, 1.82) is 0 Å². The number of benzene rings is 1. The first-order valence-corrected chi connectivity index (χ1v) is 7.26. The van der Waals surface area contributed by atoms with Gasteiger partial charge in [0.1, 0.15) is 5.82 Å². The van der Waals surface area contributed by atoms with Gasteiger partial charge in [-0.05, 0) is 45.4 Å². The maximum atomic E-state index is 13.6. The molecule has 2 N–H and O–H groups in total. The normalized spacial score (nSPS) is 11.8. The van der Waals surface area contributed by atoms with Crippen molar-refractivity contribution in [2.24, 2.45) is 5.73 Å². The Labute approximate surface area is 121 Å². The van der Waals surface area contributed by atoms with Crippen LogP contribution in [0.3, 0.4) is 0 Å². The number of hydrogen-bond donors (Lipinski definition) is 1. The van der Waals surface area contributed by atoms with Gasteiger partial charge in [0.25, 0.3) is 0 Å². The highest BCUT2D eigenvalue weighted by Gasteiger charge is 2.12. The fraction of sp³-hybridized carbons (Fsp3) is 0.625. The molecule has 0 radical (unpaired) electrons. The lowest BCUT2D eigenvalue weighted by atomic mass is 10.1. The highest BCUT2D eigenvalue weighted by molar-refractivity contribution is 5.24. The van der Waals surface area contributed by atoms with Gasteiger partial charge in [0.05, 0.1) is 13.2 Å². The third-order valence-corrected chi connectivity index (χ3v) is 3.42. The zero-order chi connectivity index (χ0) is 15.1. The van der Waals surface area contributed by atoms with Crippen LogP contribution < -0.4 is 5.73 Å². The predicted octanol–water partition coefficient (Wildman–Crippen LogP) is 2.92. The number of nitrogens with zero attached hydrogens (tertiary/aromatic N) is 1. The first kappa shape index (κ1) is 17.1. The predicted molar refractivity (Wildman–Crippen MR) is 80.9 cm³/mol. The average Bonchev–Trinajstić information content (AvgIpc) is 2.39. The van der Waals surface area contributed by atoms with Crippen LogP contribution in [0.15, 0.2) is 18.2 Å². The minimum Gasteiger partial charge on any atom is -0.375 e. The van der Waals surface area contributed by atoms with Gasteiger partial charge >= 0.3 is 0 Å². The molecular formula is C16H27FN2O. The quantitative estimate of drug-likeness (QED) is 0.745. The monoisotopic (exact) mass is 282 g/mol. The maximum Gasteiger partial charge on any atom is 0.128 e. The third-order valence-electron chi connectivity index (χ3n) is 3.42. The van der Waals surface area contributed by atoms with E-state index in [4.69, 9.17) is 10.5 Å². The summed E-state index contributed by atoms with van der Waals surface area (Å²) in [5.74, 6) is -0.230. The number of hydrogen-bond acceptors (Lipinski definition) is 3. The van der Waals surface area contributed by atoms with Crippen molar-refractivity contribution >= 4 is 0 Å². The fourth-order valence-corrected chi connectivity index (χ4v) is 2.33.